The van der Waals surface area contributed by atoms with E-state index in [0.717, 1.165) is 21.8 Å². The van der Waals surface area contributed by atoms with Crippen LogP contribution < -0.4 is 10.1 Å². The maximum atomic E-state index is 12.0. The van der Waals surface area contributed by atoms with Gasteiger partial charge in [0.1, 0.15) is 5.75 Å². The van der Waals surface area contributed by atoms with E-state index >= 15 is 0 Å². The molecule has 3 aromatic rings. The van der Waals surface area contributed by atoms with Crippen LogP contribution in [0.1, 0.15) is 36.5 Å². The summed E-state index contributed by atoms with van der Waals surface area (Å²) in [5.74, 6) is 0.866. The van der Waals surface area contributed by atoms with Gasteiger partial charge in [-0.3, -0.25) is 4.79 Å². The summed E-state index contributed by atoms with van der Waals surface area (Å²) in [4.78, 5) is 16.4. The highest BCUT2D eigenvalue weighted by atomic mass is 32.1. The van der Waals surface area contributed by atoms with Crippen LogP contribution in [0.15, 0.2) is 47.8 Å². The van der Waals surface area contributed by atoms with Crippen LogP contribution in [0.5, 0.6) is 5.75 Å². The van der Waals surface area contributed by atoms with Crippen LogP contribution in [0.4, 0.5) is 0 Å². The van der Waals surface area contributed by atoms with E-state index in [2.05, 4.69) is 28.5 Å². The van der Waals surface area contributed by atoms with Gasteiger partial charge in [-0.2, -0.15) is 0 Å². The number of ether oxygens (including phenoxy) is 1. The maximum Gasteiger partial charge on any atom is 0.220 e. The number of hydrogen-bond donors (Lipinski definition) is 1. The summed E-state index contributed by atoms with van der Waals surface area (Å²) in [6.45, 7) is 4.45. The number of carbonyl (C=O) groups excluding carboxylic acids is 1. The van der Waals surface area contributed by atoms with Gasteiger partial charge in [0.2, 0.25) is 5.91 Å². The zero-order valence-corrected chi connectivity index (χ0v) is 15.3. The predicted molar refractivity (Wildman–Crippen MR) is 102 cm³/mol. The Morgan fingerprint density at radius 3 is 2.80 bits per heavy atom. The van der Waals surface area contributed by atoms with Crippen molar-refractivity contribution in [1.82, 2.24) is 10.3 Å². The van der Waals surface area contributed by atoms with E-state index in [0.29, 0.717) is 19.4 Å². The summed E-state index contributed by atoms with van der Waals surface area (Å²) < 4.78 is 5.77. The number of aromatic nitrogens is 1. The summed E-state index contributed by atoms with van der Waals surface area (Å²) >= 11 is 1.60. The molecule has 1 N–H and O–H groups in total. The Morgan fingerprint density at radius 1 is 1.24 bits per heavy atom. The third-order valence-corrected chi connectivity index (χ3v) is 4.79. The smallest absolute Gasteiger partial charge is 0.220 e. The molecular formula is C20H22N2O2S. The highest BCUT2D eigenvalue weighted by Gasteiger charge is 2.11. The van der Waals surface area contributed by atoms with Crippen LogP contribution in [0, 0.1) is 6.92 Å². The highest BCUT2D eigenvalue weighted by Crippen LogP contribution is 2.21. The number of rotatable bonds is 7. The fraction of sp³-hybridized carbons (Fsp3) is 0.300. The molecule has 5 heteroatoms. The molecule has 130 valence electrons. The van der Waals surface area contributed by atoms with Crippen LogP contribution in [0.3, 0.4) is 0 Å². The van der Waals surface area contributed by atoms with E-state index in [1.165, 1.54) is 5.39 Å². The minimum atomic E-state index is -0.0566. The fourth-order valence-corrected chi connectivity index (χ4v) is 3.35. The standard InChI is InChI=1S/C20H22N2O2S/c1-14(19-13-25-15(2)22-19)21-20(23)8-5-11-24-18-10-9-16-6-3-4-7-17(16)12-18/h3-4,6-7,9-10,12-14H,5,8,11H2,1-2H3,(H,21,23). The third kappa shape index (κ3) is 4.79. The number of thiazole rings is 1. The fourth-order valence-electron chi connectivity index (χ4n) is 2.65. The normalized spacial score (nSPS) is 12.1. The van der Waals surface area contributed by atoms with Gasteiger partial charge in [-0.25, -0.2) is 4.98 Å². The summed E-state index contributed by atoms with van der Waals surface area (Å²) in [6, 6.07) is 14.2. The first-order valence-electron chi connectivity index (χ1n) is 8.45. The van der Waals surface area contributed by atoms with E-state index in [4.69, 9.17) is 4.74 Å². The number of nitrogens with zero attached hydrogens (tertiary/aromatic N) is 1. The number of benzene rings is 2. The second kappa shape index (κ2) is 8.12. The van der Waals surface area contributed by atoms with Crippen LogP contribution in [0.2, 0.25) is 0 Å². The van der Waals surface area contributed by atoms with Crippen LogP contribution in [0.25, 0.3) is 10.8 Å². The number of carbonyl (C=O) groups is 1. The summed E-state index contributed by atoms with van der Waals surface area (Å²) in [5, 5.41) is 8.34. The van der Waals surface area contributed by atoms with Crippen molar-refractivity contribution in [2.75, 3.05) is 6.61 Å². The van der Waals surface area contributed by atoms with E-state index in [9.17, 15) is 4.79 Å². The average molecular weight is 354 g/mol. The van der Waals surface area contributed by atoms with Gasteiger partial charge in [0, 0.05) is 11.8 Å². The SMILES string of the molecule is Cc1nc(C(C)NC(=O)CCCOc2ccc3ccccc3c2)cs1. The van der Waals surface area contributed by atoms with Crippen molar-refractivity contribution in [1.29, 1.82) is 0 Å². The lowest BCUT2D eigenvalue weighted by Crippen LogP contribution is -2.27. The number of aryl methyl sites for hydroxylation is 1. The van der Waals surface area contributed by atoms with Crippen molar-refractivity contribution >= 4 is 28.0 Å². The van der Waals surface area contributed by atoms with Crippen molar-refractivity contribution < 1.29 is 9.53 Å². The van der Waals surface area contributed by atoms with Gasteiger partial charge in [0.25, 0.3) is 0 Å². The quantitative estimate of drug-likeness (QED) is 0.629. The van der Waals surface area contributed by atoms with Crippen molar-refractivity contribution in [3.8, 4) is 5.75 Å². The van der Waals surface area contributed by atoms with Crippen LogP contribution >= 0.6 is 11.3 Å². The van der Waals surface area contributed by atoms with E-state index in [1.807, 2.05) is 43.5 Å². The Labute approximate surface area is 151 Å². The van der Waals surface area contributed by atoms with Gasteiger partial charge < -0.3 is 10.1 Å². The summed E-state index contributed by atoms with van der Waals surface area (Å²) in [5.41, 5.74) is 0.920. The summed E-state index contributed by atoms with van der Waals surface area (Å²) in [7, 11) is 0. The molecule has 1 atom stereocenters. The minimum Gasteiger partial charge on any atom is -0.494 e. The van der Waals surface area contributed by atoms with Crippen LogP contribution in [-0.2, 0) is 4.79 Å². The van der Waals surface area contributed by atoms with E-state index < -0.39 is 0 Å². The molecule has 4 nitrogen and oxygen atoms in total. The van der Waals surface area contributed by atoms with Gasteiger partial charge in [-0.15, -0.1) is 11.3 Å². The molecule has 1 amide bonds. The molecule has 25 heavy (non-hydrogen) atoms. The van der Waals surface area contributed by atoms with Crippen molar-refractivity contribution in [3.05, 3.63) is 58.5 Å². The van der Waals surface area contributed by atoms with Gasteiger partial charge in [-0.05, 0) is 43.2 Å². The molecule has 0 radical (unpaired) electrons. The molecular weight excluding hydrogens is 332 g/mol. The van der Waals surface area contributed by atoms with Gasteiger partial charge >= 0.3 is 0 Å². The van der Waals surface area contributed by atoms with Crippen LogP contribution in [-0.4, -0.2) is 17.5 Å². The second-order valence-electron chi connectivity index (χ2n) is 6.04. The average Bonchev–Trinajstić information content (AvgIpc) is 3.05. The summed E-state index contributed by atoms with van der Waals surface area (Å²) in [6.07, 6.45) is 1.13. The molecule has 1 unspecified atom stereocenters. The molecule has 1 aromatic heterocycles. The Balaban J connectivity index is 1.42. The van der Waals surface area contributed by atoms with Crippen molar-refractivity contribution in [2.45, 2.75) is 32.7 Å². The zero-order chi connectivity index (χ0) is 17.6. The predicted octanol–water partition coefficient (Wildman–Crippen LogP) is 4.64. The second-order valence-corrected chi connectivity index (χ2v) is 7.10. The topological polar surface area (TPSA) is 51.2 Å². The molecule has 0 aliphatic rings. The molecule has 0 saturated heterocycles. The zero-order valence-electron chi connectivity index (χ0n) is 14.5. The maximum absolute atomic E-state index is 12.0. The Morgan fingerprint density at radius 2 is 2.04 bits per heavy atom. The molecule has 0 aliphatic carbocycles. The van der Waals surface area contributed by atoms with Gasteiger partial charge in [0.15, 0.2) is 0 Å². The Kier molecular flexibility index (Phi) is 5.66. The number of nitrogens with one attached hydrogen (secondary N) is 1. The number of amides is 1. The lowest BCUT2D eigenvalue weighted by molar-refractivity contribution is -0.122. The minimum absolute atomic E-state index is 0.0280. The molecule has 2 aromatic carbocycles. The molecule has 0 spiro atoms. The molecule has 0 saturated carbocycles. The first-order valence-corrected chi connectivity index (χ1v) is 9.33. The van der Waals surface area contributed by atoms with Gasteiger partial charge in [-0.1, -0.05) is 30.3 Å². The lowest BCUT2D eigenvalue weighted by atomic mass is 10.1. The lowest BCUT2D eigenvalue weighted by Gasteiger charge is -2.12. The highest BCUT2D eigenvalue weighted by molar-refractivity contribution is 7.09. The molecule has 0 fully saturated rings. The first kappa shape index (κ1) is 17.4. The van der Waals surface area contributed by atoms with E-state index in [1.54, 1.807) is 11.3 Å². The third-order valence-electron chi connectivity index (χ3n) is 4.00. The number of hydrogen-bond acceptors (Lipinski definition) is 4. The molecule has 3 rings (SSSR count). The van der Waals surface area contributed by atoms with Gasteiger partial charge in [0.05, 0.1) is 23.4 Å². The van der Waals surface area contributed by atoms with Crippen molar-refractivity contribution in [2.24, 2.45) is 0 Å². The van der Waals surface area contributed by atoms with Crippen molar-refractivity contribution in [3.63, 3.8) is 0 Å². The molecule has 1 heterocycles. The van der Waals surface area contributed by atoms with E-state index in [-0.39, 0.29) is 11.9 Å². The molecule has 0 aliphatic heterocycles. The monoisotopic (exact) mass is 354 g/mol. The first-order chi connectivity index (χ1) is 12.1. The largest absolute Gasteiger partial charge is 0.494 e. The Hall–Kier alpha value is -2.40. The molecule has 0 bridgehead atoms. The Bertz CT molecular complexity index is 860. The number of fused-ring (bicyclic) bond motifs is 1.